The van der Waals surface area contributed by atoms with Gasteiger partial charge in [0.1, 0.15) is 5.75 Å². The van der Waals surface area contributed by atoms with Crippen LogP contribution in [-0.4, -0.2) is 16.7 Å². The lowest BCUT2D eigenvalue weighted by Gasteiger charge is -2.11. The van der Waals surface area contributed by atoms with Gasteiger partial charge in [0, 0.05) is 11.8 Å². The van der Waals surface area contributed by atoms with Gasteiger partial charge in [-0.1, -0.05) is 18.2 Å². The first-order chi connectivity index (χ1) is 9.29. The van der Waals surface area contributed by atoms with Crippen LogP contribution in [-0.2, 0) is 0 Å². The highest BCUT2D eigenvalue weighted by Gasteiger charge is 2.14. The number of ether oxygens (including phenoxy) is 1. The Morgan fingerprint density at radius 1 is 1.16 bits per heavy atom. The second-order valence-corrected chi connectivity index (χ2v) is 4.38. The van der Waals surface area contributed by atoms with Crippen LogP contribution in [0.2, 0.25) is 0 Å². The lowest BCUT2D eigenvalue weighted by molar-refractivity contribution is 0.414. The fraction of sp³-hybridized carbons (Fsp3) is 0.133. The maximum absolute atomic E-state index is 6.32. The molecule has 96 valence electrons. The van der Waals surface area contributed by atoms with Crippen molar-refractivity contribution in [3.8, 4) is 5.75 Å². The summed E-state index contributed by atoms with van der Waals surface area (Å²) >= 11 is 0. The molecule has 3 rings (SSSR count). The molecule has 19 heavy (non-hydrogen) atoms. The fourth-order valence-electron chi connectivity index (χ4n) is 2.18. The summed E-state index contributed by atoms with van der Waals surface area (Å²) in [5.74, 6) is 0.829. The van der Waals surface area contributed by atoms with E-state index in [1.165, 1.54) is 0 Å². The SMILES string of the molecule is COc1ccc(C(N)c2cnn3ccccc23)cc1. The van der Waals surface area contributed by atoms with Gasteiger partial charge >= 0.3 is 0 Å². The van der Waals surface area contributed by atoms with E-state index < -0.39 is 0 Å². The molecule has 0 aliphatic heterocycles. The second kappa shape index (κ2) is 4.74. The molecule has 0 radical (unpaired) electrons. The topological polar surface area (TPSA) is 52.5 Å². The monoisotopic (exact) mass is 253 g/mol. The summed E-state index contributed by atoms with van der Waals surface area (Å²) in [5, 5.41) is 4.31. The van der Waals surface area contributed by atoms with Gasteiger partial charge in [0.25, 0.3) is 0 Å². The number of methoxy groups -OCH3 is 1. The zero-order valence-electron chi connectivity index (χ0n) is 10.7. The van der Waals surface area contributed by atoms with Crippen molar-refractivity contribution in [3.63, 3.8) is 0 Å². The maximum atomic E-state index is 6.32. The average Bonchev–Trinajstić information content (AvgIpc) is 2.90. The molecule has 1 atom stereocenters. The molecular formula is C15H15N3O. The third-order valence-corrected chi connectivity index (χ3v) is 3.27. The van der Waals surface area contributed by atoms with E-state index in [1.807, 2.05) is 59.4 Å². The first-order valence-corrected chi connectivity index (χ1v) is 6.11. The van der Waals surface area contributed by atoms with Gasteiger partial charge in [-0.2, -0.15) is 5.10 Å². The van der Waals surface area contributed by atoms with Crippen LogP contribution in [0.3, 0.4) is 0 Å². The first kappa shape index (κ1) is 11.7. The van der Waals surface area contributed by atoms with Crippen LogP contribution in [0.15, 0.2) is 54.9 Å². The Hall–Kier alpha value is -2.33. The lowest BCUT2D eigenvalue weighted by atomic mass is 10.0. The number of fused-ring (bicyclic) bond motifs is 1. The fourth-order valence-corrected chi connectivity index (χ4v) is 2.18. The van der Waals surface area contributed by atoms with Crippen molar-refractivity contribution in [2.45, 2.75) is 6.04 Å². The number of rotatable bonds is 3. The molecule has 0 saturated heterocycles. The van der Waals surface area contributed by atoms with E-state index >= 15 is 0 Å². The minimum absolute atomic E-state index is 0.189. The largest absolute Gasteiger partial charge is 0.497 e. The average molecular weight is 253 g/mol. The second-order valence-electron chi connectivity index (χ2n) is 4.38. The normalized spacial score (nSPS) is 12.5. The van der Waals surface area contributed by atoms with E-state index in [0.717, 1.165) is 22.4 Å². The molecule has 0 aliphatic rings. The molecule has 1 aromatic carbocycles. The van der Waals surface area contributed by atoms with Crippen molar-refractivity contribution in [2.24, 2.45) is 5.73 Å². The Labute approximate surface area is 111 Å². The molecule has 0 aliphatic carbocycles. The van der Waals surface area contributed by atoms with Crippen molar-refractivity contribution >= 4 is 5.52 Å². The van der Waals surface area contributed by atoms with Crippen molar-refractivity contribution in [1.82, 2.24) is 9.61 Å². The minimum Gasteiger partial charge on any atom is -0.497 e. The highest BCUT2D eigenvalue weighted by Crippen LogP contribution is 2.24. The number of aromatic nitrogens is 2. The summed E-state index contributed by atoms with van der Waals surface area (Å²) in [7, 11) is 1.65. The molecule has 0 amide bonds. The Morgan fingerprint density at radius 3 is 2.68 bits per heavy atom. The van der Waals surface area contributed by atoms with E-state index in [9.17, 15) is 0 Å². The van der Waals surface area contributed by atoms with Crippen LogP contribution in [0.1, 0.15) is 17.2 Å². The van der Waals surface area contributed by atoms with Crippen molar-refractivity contribution in [3.05, 3.63) is 66.0 Å². The number of nitrogens with two attached hydrogens (primary N) is 1. The molecule has 2 aromatic heterocycles. The molecule has 2 N–H and O–H groups in total. The van der Waals surface area contributed by atoms with Crippen LogP contribution >= 0.6 is 0 Å². The van der Waals surface area contributed by atoms with E-state index in [4.69, 9.17) is 10.5 Å². The molecule has 0 fully saturated rings. The standard InChI is InChI=1S/C15H15N3O/c1-19-12-7-5-11(6-8-12)15(16)13-10-17-18-9-3-2-4-14(13)18/h2-10,15H,16H2,1H3. The third-order valence-electron chi connectivity index (χ3n) is 3.27. The molecule has 3 aromatic rings. The Bertz CT molecular complexity index is 688. The summed E-state index contributed by atoms with van der Waals surface area (Å²) in [6.07, 6.45) is 3.74. The van der Waals surface area contributed by atoms with Crippen LogP contribution in [0.4, 0.5) is 0 Å². The number of pyridine rings is 1. The van der Waals surface area contributed by atoms with Gasteiger partial charge in [0.15, 0.2) is 0 Å². The van der Waals surface area contributed by atoms with Gasteiger partial charge in [-0.05, 0) is 29.8 Å². The van der Waals surface area contributed by atoms with Crippen LogP contribution in [0.5, 0.6) is 5.75 Å². The minimum atomic E-state index is -0.189. The smallest absolute Gasteiger partial charge is 0.118 e. The van der Waals surface area contributed by atoms with E-state index in [-0.39, 0.29) is 6.04 Å². The van der Waals surface area contributed by atoms with Crippen molar-refractivity contribution in [2.75, 3.05) is 7.11 Å². The highest BCUT2D eigenvalue weighted by atomic mass is 16.5. The third kappa shape index (κ3) is 2.06. The zero-order valence-corrected chi connectivity index (χ0v) is 10.7. The Morgan fingerprint density at radius 2 is 1.95 bits per heavy atom. The molecule has 0 saturated carbocycles. The quantitative estimate of drug-likeness (QED) is 0.779. The van der Waals surface area contributed by atoms with Gasteiger partial charge in [0.05, 0.1) is 24.9 Å². The highest BCUT2D eigenvalue weighted by molar-refractivity contribution is 5.57. The molecule has 2 heterocycles. The molecular weight excluding hydrogens is 238 g/mol. The summed E-state index contributed by atoms with van der Waals surface area (Å²) in [6, 6.07) is 13.6. The first-order valence-electron chi connectivity index (χ1n) is 6.11. The number of hydrogen-bond donors (Lipinski definition) is 1. The van der Waals surface area contributed by atoms with Gasteiger partial charge < -0.3 is 10.5 Å². The number of benzene rings is 1. The van der Waals surface area contributed by atoms with Crippen molar-refractivity contribution in [1.29, 1.82) is 0 Å². The van der Waals surface area contributed by atoms with Gasteiger partial charge in [-0.25, -0.2) is 4.52 Å². The summed E-state index contributed by atoms with van der Waals surface area (Å²) in [4.78, 5) is 0. The maximum Gasteiger partial charge on any atom is 0.118 e. The van der Waals surface area contributed by atoms with Crippen LogP contribution in [0.25, 0.3) is 5.52 Å². The van der Waals surface area contributed by atoms with Gasteiger partial charge in [0.2, 0.25) is 0 Å². The molecule has 0 spiro atoms. The Balaban J connectivity index is 2.00. The van der Waals surface area contributed by atoms with E-state index in [1.54, 1.807) is 7.11 Å². The van der Waals surface area contributed by atoms with E-state index in [0.29, 0.717) is 0 Å². The summed E-state index contributed by atoms with van der Waals surface area (Å²) in [6.45, 7) is 0. The molecule has 1 unspecified atom stereocenters. The Kier molecular flexibility index (Phi) is 2.93. The number of hydrogen-bond acceptors (Lipinski definition) is 3. The predicted molar refractivity (Wildman–Crippen MR) is 74.2 cm³/mol. The molecule has 4 nitrogen and oxygen atoms in total. The predicted octanol–water partition coefficient (Wildman–Crippen LogP) is 2.39. The van der Waals surface area contributed by atoms with Crippen LogP contribution in [0, 0.1) is 0 Å². The van der Waals surface area contributed by atoms with Gasteiger partial charge in [-0.15, -0.1) is 0 Å². The summed E-state index contributed by atoms with van der Waals surface area (Å²) < 4.78 is 6.98. The van der Waals surface area contributed by atoms with Crippen molar-refractivity contribution < 1.29 is 4.74 Å². The molecule has 4 heteroatoms. The van der Waals surface area contributed by atoms with Crippen LogP contribution < -0.4 is 10.5 Å². The zero-order chi connectivity index (χ0) is 13.2. The van der Waals surface area contributed by atoms with E-state index in [2.05, 4.69) is 5.10 Å². The molecule has 0 bridgehead atoms. The number of nitrogens with zero attached hydrogens (tertiary/aromatic N) is 2. The lowest BCUT2D eigenvalue weighted by Crippen LogP contribution is -2.11. The van der Waals surface area contributed by atoms with Gasteiger partial charge in [-0.3, -0.25) is 0 Å². The summed E-state index contributed by atoms with van der Waals surface area (Å²) in [5.41, 5.74) is 9.42.